The normalized spacial score (nSPS) is 16.8. The van der Waals surface area contributed by atoms with Crippen molar-refractivity contribution in [2.45, 2.75) is 25.5 Å². The average Bonchev–Trinajstić information content (AvgIpc) is 3.13. The van der Waals surface area contributed by atoms with Crippen LogP contribution >= 0.6 is 23.4 Å². The quantitative estimate of drug-likeness (QED) is 0.352. The van der Waals surface area contributed by atoms with Crippen LogP contribution in [0.1, 0.15) is 16.7 Å². The highest BCUT2D eigenvalue weighted by Gasteiger charge is 2.41. The molecule has 1 fully saturated rings. The van der Waals surface area contributed by atoms with Gasteiger partial charge in [-0.25, -0.2) is 0 Å². The summed E-state index contributed by atoms with van der Waals surface area (Å²) in [4.78, 5) is 28.1. The van der Waals surface area contributed by atoms with E-state index in [-0.39, 0.29) is 11.5 Å². The molecule has 1 atom stereocenters. The van der Waals surface area contributed by atoms with Crippen LogP contribution < -0.4 is 10.2 Å². The lowest BCUT2D eigenvalue weighted by atomic mass is 10.0. The number of hydrogen-bond donors (Lipinski definition) is 1. The van der Waals surface area contributed by atoms with E-state index in [0.29, 0.717) is 27.8 Å². The maximum Gasteiger partial charge on any atom is 0.269 e. The summed E-state index contributed by atoms with van der Waals surface area (Å²) >= 11 is 7.29. The summed E-state index contributed by atoms with van der Waals surface area (Å²) in [6.45, 7) is 3.95. The van der Waals surface area contributed by atoms with Gasteiger partial charge in [0.15, 0.2) is 0 Å². The van der Waals surface area contributed by atoms with Crippen molar-refractivity contribution in [1.82, 2.24) is 0 Å². The van der Waals surface area contributed by atoms with Gasteiger partial charge in [0.1, 0.15) is 16.7 Å². The minimum Gasteiger partial charge on any atom is -0.321 e. The number of hydrogen-bond acceptors (Lipinski definition) is 4. The van der Waals surface area contributed by atoms with Crippen LogP contribution in [0.25, 0.3) is 0 Å². The van der Waals surface area contributed by atoms with Crippen molar-refractivity contribution in [3.8, 4) is 6.07 Å². The van der Waals surface area contributed by atoms with Crippen LogP contribution in [0.3, 0.4) is 0 Å². The molecule has 1 aliphatic heterocycles. The molecule has 2 amide bonds. The number of thioether (sulfide) groups is 1. The molecule has 3 aromatic carbocycles. The lowest BCUT2D eigenvalue weighted by Gasteiger charge is -2.19. The summed E-state index contributed by atoms with van der Waals surface area (Å²) in [5, 5.41) is 13.1. The first-order valence-corrected chi connectivity index (χ1v) is 12.0. The molecule has 170 valence electrons. The SMILES string of the molecule is Cc1ccc(NC(=O)C(C#N)=C2SC(Cc3ccccc3C)C(=O)N2c2ccc(Cl)cc2)cc1. The molecular formula is C27H22ClN3O2S. The molecule has 0 spiro atoms. The van der Waals surface area contributed by atoms with Crippen LogP contribution in [0, 0.1) is 25.2 Å². The first kappa shape index (κ1) is 23.6. The van der Waals surface area contributed by atoms with Crippen molar-refractivity contribution < 1.29 is 9.59 Å². The molecule has 1 unspecified atom stereocenters. The number of amides is 2. The van der Waals surface area contributed by atoms with E-state index in [1.165, 1.54) is 16.7 Å². The second-order valence-electron chi connectivity index (χ2n) is 8.00. The van der Waals surface area contributed by atoms with Gasteiger partial charge in [-0.15, -0.1) is 0 Å². The van der Waals surface area contributed by atoms with Crippen LogP contribution in [0.15, 0.2) is 83.4 Å². The van der Waals surface area contributed by atoms with Gasteiger partial charge in [-0.1, -0.05) is 65.3 Å². The summed E-state index contributed by atoms with van der Waals surface area (Å²) in [5.41, 5.74) is 4.22. The zero-order chi connectivity index (χ0) is 24.2. The van der Waals surface area contributed by atoms with Gasteiger partial charge in [0, 0.05) is 16.4 Å². The Hall–Kier alpha value is -3.53. The minimum atomic E-state index is -0.558. The largest absolute Gasteiger partial charge is 0.321 e. The maximum absolute atomic E-state index is 13.6. The second kappa shape index (κ2) is 10.2. The molecule has 7 heteroatoms. The Labute approximate surface area is 208 Å². The molecule has 3 aromatic rings. The predicted molar refractivity (Wildman–Crippen MR) is 138 cm³/mol. The Morgan fingerprint density at radius 2 is 1.74 bits per heavy atom. The standard InChI is InChI=1S/C27H22ClN3O2S/c1-17-7-11-21(12-8-17)30-25(32)23(16-29)27-31(22-13-9-20(28)10-14-22)26(33)24(34-27)15-19-6-4-3-5-18(19)2/h3-14,24H,15H2,1-2H3,(H,30,32). The van der Waals surface area contributed by atoms with Gasteiger partial charge >= 0.3 is 0 Å². The number of carbonyl (C=O) groups is 2. The molecule has 4 rings (SSSR count). The predicted octanol–water partition coefficient (Wildman–Crippen LogP) is 6.02. The first-order valence-electron chi connectivity index (χ1n) is 10.7. The highest BCUT2D eigenvalue weighted by atomic mass is 35.5. The topological polar surface area (TPSA) is 73.2 Å². The fraction of sp³-hybridized carbons (Fsp3) is 0.148. The first-order chi connectivity index (χ1) is 16.4. The van der Waals surface area contributed by atoms with E-state index in [1.54, 1.807) is 36.4 Å². The van der Waals surface area contributed by atoms with E-state index >= 15 is 0 Å². The van der Waals surface area contributed by atoms with Gasteiger partial charge in [0.05, 0.1) is 5.25 Å². The van der Waals surface area contributed by atoms with Crippen molar-refractivity contribution in [3.63, 3.8) is 0 Å². The lowest BCUT2D eigenvalue weighted by Crippen LogP contribution is -2.31. The van der Waals surface area contributed by atoms with E-state index in [2.05, 4.69) is 5.32 Å². The van der Waals surface area contributed by atoms with E-state index in [4.69, 9.17) is 11.6 Å². The molecular weight excluding hydrogens is 466 g/mol. The summed E-state index contributed by atoms with van der Waals surface area (Å²) < 4.78 is 0. The Bertz CT molecular complexity index is 1310. The third-order valence-electron chi connectivity index (χ3n) is 5.57. The van der Waals surface area contributed by atoms with Crippen molar-refractivity contribution in [1.29, 1.82) is 5.26 Å². The molecule has 5 nitrogen and oxygen atoms in total. The van der Waals surface area contributed by atoms with Gasteiger partial charge in [-0.2, -0.15) is 5.26 Å². The van der Waals surface area contributed by atoms with Crippen LogP contribution in [-0.2, 0) is 16.0 Å². The van der Waals surface area contributed by atoms with E-state index in [1.807, 2.05) is 56.3 Å². The molecule has 0 saturated carbocycles. The number of carbonyl (C=O) groups excluding carboxylic acids is 2. The Kier molecular flexibility index (Phi) is 7.06. The van der Waals surface area contributed by atoms with Gasteiger partial charge < -0.3 is 5.32 Å². The maximum atomic E-state index is 13.6. The lowest BCUT2D eigenvalue weighted by molar-refractivity contribution is -0.117. The van der Waals surface area contributed by atoms with Crippen LogP contribution in [0.2, 0.25) is 5.02 Å². The number of nitriles is 1. The van der Waals surface area contributed by atoms with Crippen LogP contribution in [-0.4, -0.2) is 17.1 Å². The number of halogens is 1. The fourth-order valence-corrected chi connectivity index (χ4v) is 5.10. The number of anilines is 2. The number of aryl methyl sites for hydroxylation is 2. The molecule has 0 bridgehead atoms. The van der Waals surface area contributed by atoms with Crippen molar-refractivity contribution in [3.05, 3.63) is 105 Å². The zero-order valence-corrected chi connectivity index (χ0v) is 20.3. The fourth-order valence-electron chi connectivity index (χ4n) is 3.68. The molecule has 0 aromatic heterocycles. The zero-order valence-electron chi connectivity index (χ0n) is 18.7. The van der Waals surface area contributed by atoms with E-state index in [0.717, 1.165) is 16.7 Å². The molecule has 1 N–H and O–H groups in total. The smallest absolute Gasteiger partial charge is 0.269 e. The third kappa shape index (κ3) is 5.01. The molecule has 34 heavy (non-hydrogen) atoms. The Morgan fingerprint density at radius 1 is 1.06 bits per heavy atom. The van der Waals surface area contributed by atoms with Crippen molar-refractivity contribution in [2.24, 2.45) is 0 Å². The van der Waals surface area contributed by atoms with Crippen LogP contribution in [0.4, 0.5) is 11.4 Å². The third-order valence-corrected chi connectivity index (χ3v) is 7.08. The van der Waals surface area contributed by atoms with E-state index < -0.39 is 11.2 Å². The van der Waals surface area contributed by atoms with Crippen molar-refractivity contribution >= 4 is 46.6 Å². The number of nitrogens with zero attached hydrogens (tertiary/aromatic N) is 2. The summed E-state index contributed by atoms with van der Waals surface area (Å²) in [6.07, 6.45) is 0.488. The van der Waals surface area contributed by atoms with Gasteiger partial charge in [-0.3, -0.25) is 14.5 Å². The minimum absolute atomic E-state index is 0.110. The second-order valence-corrected chi connectivity index (χ2v) is 9.63. The number of nitrogens with one attached hydrogen (secondary N) is 1. The van der Waals surface area contributed by atoms with E-state index in [9.17, 15) is 14.9 Å². The summed E-state index contributed by atoms with van der Waals surface area (Å²) in [7, 11) is 0. The summed E-state index contributed by atoms with van der Waals surface area (Å²) in [5.74, 6) is -0.737. The van der Waals surface area contributed by atoms with Gasteiger partial charge in [0.25, 0.3) is 5.91 Å². The average molecular weight is 488 g/mol. The monoisotopic (exact) mass is 487 g/mol. The molecule has 0 aliphatic carbocycles. The summed E-state index contributed by atoms with van der Waals surface area (Å²) in [6, 6.07) is 24.0. The van der Waals surface area contributed by atoms with Crippen LogP contribution in [0.5, 0.6) is 0 Å². The van der Waals surface area contributed by atoms with Gasteiger partial charge in [-0.05, 0) is 67.8 Å². The Morgan fingerprint density at radius 3 is 2.38 bits per heavy atom. The van der Waals surface area contributed by atoms with Crippen molar-refractivity contribution in [2.75, 3.05) is 10.2 Å². The van der Waals surface area contributed by atoms with Gasteiger partial charge in [0.2, 0.25) is 5.91 Å². The molecule has 1 aliphatic rings. The highest BCUT2D eigenvalue weighted by molar-refractivity contribution is 8.05. The molecule has 0 radical (unpaired) electrons. The number of benzene rings is 3. The molecule has 1 saturated heterocycles. The Balaban J connectivity index is 1.73. The molecule has 1 heterocycles. The number of rotatable bonds is 5. The highest BCUT2D eigenvalue weighted by Crippen LogP contribution is 2.42.